The van der Waals surface area contributed by atoms with Crippen molar-refractivity contribution < 1.29 is 17.9 Å². The summed E-state index contributed by atoms with van der Waals surface area (Å²) >= 11 is 1.60. The molecular weight excluding hydrogens is 520 g/mol. The Balaban J connectivity index is 1.80. The lowest BCUT2D eigenvalue weighted by Gasteiger charge is -2.16. The SMILES string of the molecule is CC[C@@H](C)Sc1nnc(-c2cn(S(=O)(=O)c3ccccc3)c3ccccc23)n1-c1cc(OC)ccc1OC. The Morgan fingerprint density at radius 3 is 2.39 bits per heavy atom. The van der Waals surface area contributed by atoms with Crippen molar-refractivity contribution in [2.45, 2.75) is 35.6 Å². The van der Waals surface area contributed by atoms with Crippen molar-refractivity contribution in [1.82, 2.24) is 18.7 Å². The standard InChI is InChI=1S/C28H28N4O4S2/c1-5-19(2)37-28-30-29-27(32(28)25-17-20(35-3)15-16-26(25)36-4)23-18-31(24-14-10-9-13-22(23)24)38(33,34)21-11-7-6-8-12-21/h6-19H,5H2,1-4H3/t19-/m1/s1. The fraction of sp³-hybridized carbons (Fsp3) is 0.214. The van der Waals surface area contributed by atoms with Crippen LogP contribution in [0.2, 0.25) is 0 Å². The zero-order chi connectivity index (χ0) is 26.9. The molecule has 0 aliphatic rings. The van der Waals surface area contributed by atoms with Crippen LogP contribution in [-0.2, 0) is 10.0 Å². The molecule has 5 rings (SSSR count). The molecule has 0 aliphatic carbocycles. The maximum Gasteiger partial charge on any atom is 0.268 e. The highest BCUT2D eigenvalue weighted by Gasteiger charge is 2.27. The zero-order valence-corrected chi connectivity index (χ0v) is 23.2. The molecule has 3 aromatic carbocycles. The Morgan fingerprint density at radius 2 is 1.68 bits per heavy atom. The van der Waals surface area contributed by atoms with Gasteiger partial charge in [-0.25, -0.2) is 12.4 Å². The fourth-order valence-corrected chi connectivity index (χ4v) is 6.50. The molecule has 2 heterocycles. The van der Waals surface area contributed by atoms with Gasteiger partial charge in [-0.2, -0.15) is 0 Å². The van der Waals surface area contributed by atoms with Crippen LogP contribution in [-0.4, -0.2) is 46.6 Å². The van der Waals surface area contributed by atoms with E-state index < -0.39 is 10.0 Å². The monoisotopic (exact) mass is 548 g/mol. The molecule has 8 nitrogen and oxygen atoms in total. The van der Waals surface area contributed by atoms with E-state index in [4.69, 9.17) is 9.47 Å². The number of ether oxygens (including phenoxy) is 2. The van der Waals surface area contributed by atoms with E-state index in [0.717, 1.165) is 11.8 Å². The second-order valence-corrected chi connectivity index (χ2v) is 11.9. The molecule has 5 aromatic rings. The molecule has 0 N–H and O–H groups in total. The van der Waals surface area contributed by atoms with Crippen molar-refractivity contribution in [2.24, 2.45) is 0 Å². The van der Waals surface area contributed by atoms with Gasteiger partial charge in [0.1, 0.15) is 11.5 Å². The van der Waals surface area contributed by atoms with Gasteiger partial charge in [-0.05, 0) is 36.8 Å². The second-order valence-electron chi connectivity index (χ2n) is 8.69. The van der Waals surface area contributed by atoms with Gasteiger partial charge < -0.3 is 9.47 Å². The van der Waals surface area contributed by atoms with Crippen LogP contribution < -0.4 is 9.47 Å². The highest BCUT2D eigenvalue weighted by atomic mass is 32.2. The Kier molecular flexibility index (Phi) is 7.18. The Labute approximate surface area is 226 Å². The third-order valence-corrected chi connectivity index (χ3v) is 9.26. The summed E-state index contributed by atoms with van der Waals surface area (Å²) in [4.78, 5) is 0.205. The van der Waals surface area contributed by atoms with E-state index in [9.17, 15) is 8.42 Å². The zero-order valence-electron chi connectivity index (χ0n) is 21.5. The number of methoxy groups -OCH3 is 2. The van der Waals surface area contributed by atoms with Gasteiger partial charge in [-0.15, -0.1) is 10.2 Å². The predicted octanol–water partition coefficient (Wildman–Crippen LogP) is 6.03. The molecule has 38 heavy (non-hydrogen) atoms. The van der Waals surface area contributed by atoms with E-state index in [0.29, 0.717) is 39.2 Å². The van der Waals surface area contributed by atoms with E-state index in [1.807, 2.05) is 41.0 Å². The van der Waals surface area contributed by atoms with Crippen molar-refractivity contribution >= 4 is 32.7 Å². The van der Waals surface area contributed by atoms with Gasteiger partial charge in [0.25, 0.3) is 10.0 Å². The quantitative estimate of drug-likeness (QED) is 0.208. The minimum absolute atomic E-state index is 0.205. The van der Waals surface area contributed by atoms with Crippen molar-refractivity contribution in [3.63, 3.8) is 0 Å². The summed E-state index contributed by atoms with van der Waals surface area (Å²) in [5.74, 6) is 1.76. The molecular formula is C28H28N4O4S2. The molecule has 0 fully saturated rings. The third-order valence-electron chi connectivity index (χ3n) is 6.36. The summed E-state index contributed by atoms with van der Waals surface area (Å²) in [6, 6.07) is 21.3. The molecule has 196 valence electrons. The van der Waals surface area contributed by atoms with Crippen LogP contribution in [0.25, 0.3) is 28.0 Å². The number of hydrogen-bond donors (Lipinski definition) is 0. The number of benzene rings is 3. The van der Waals surface area contributed by atoms with E-state index >= 15 is 0 Å². The minimum Gasteiger partial charge on any atom is -0.497 e. The van der Waals surface area contributed by atoms with Crippen LogP contribution in [0, 0.1) is 0 Å². The largest absolute Gasteiger partial charge is 0.497 e. The summed E-state index contributed by atoms with van der Waals surface area (Å²) < 4.78 is 41.8. The average Bonchev–Trinajstić information content (AvgIpc) is 3.54. The summed E-state index contributed by atoms with van der Waals surface area (Å²) in [5.41, 5.74) is 1.88. The molecule has 10 heteroatoms. The molecule has 0 radical (unpaired) electrons. The maximum absolute atomic E-state index is 13.7. The molecule has 0 unspecified atom stereocenters. The topological polar surface area (TPSA) is 88.2 Å². The van der Waals surface area contributed by atoms with Gasteiger partial charge in [-0.3, -0.25) is 4.57 Å². The molecule has 2 aromatic heterocycles. The lowest BCUT2D eigenvalue weighted by molar-refractivity contribution is 0.401. The van der Waals surface area contributed by atoms with E-state index in [-0.39, 0.29) is 10.1 Å². The number of aromatic nitrogens is 4. The van der Waals surface area contributed by atoms with Gasteiger partial charge in [-0.1, -0.05) is 62.0 Å². The van der Waals surface area contributed by atoms with Crippen LogP contribution in [0.5, 0.6) is 11.5 Å². The molecule has 0 bridgehead atoms. The first-order valence-corrected chi connectivity index (χ1v) is 14.5. The van der Waals surface area contributed by atoms with Gasteiger partial charge in [0.15, 0.2) is 11.0 Å². The molecule has 0 saturated carbocycles. The predicted molar refractivity (Wildman–Crippen MR) is 150 cm³/mol. The summed E-state index contributed by atoms with van der Waals surface area (Å²) in [5, 5.41) is 10.8. The summed E-state index contributed by atoms with van der Waals surface area (Å²) in [7, 11) is -0.648. The number of thioether (sulfide) groups is 1. The van der Waals surface area contributed by atoms with Crippen molar-refractivity contribution in [3.05, 3.63) is 79.0 Å². The van der Waals surface area contributed by atoms with Crippen LogP contribution >= 0.6 is 11.8 Å². The van der Waals surface area contributed by atoms with E-state index in [2.05, 4.69) is 24.0 Å². The van der Waals surface area contributed by atoms with Gasteiger partial charge in [0.05, 0.1) is 30.3 Å². The van der Waals surface area contributed by atoms with E-state index in [1.165, 1.54) is 3.97 Å². The number of rotatable bonds is 9. The van der Waals surface area contributed by atoms with E-state index in [1.54, 1.807) is 68.6 Å². The fourth-order valence-electron chi connectivity index (χ4n) is 4.21. The molecule has 0 spiro atoms. The number of para-hydroxylation sites is 1. The van der Waals surface area contributed by atoms with Gasteiger partial charge >= 0.3 is 0 Å². The number of hydrogen-bond acceptors (Lipinski definition) is 7. The van der Waals surface area contributed by atoms with Crippen LogP contribution in [0.1, 0.15) is 20.3 Å². The Bertz CT molecular complexity index is 1690. The lowest BCUT2D eigenvalue weighted by Crippen LogP contribution is -2.11. The van der Waals surface area contributed by atoms with Crippen molar-refractivity contribution in [1.29, 1.82) is 0 Å². The molecule has 1 atom stereocenters. The molecule has 0 aliphatic heterocycles. The molecule has 0 amide bonds. The van der Waals surface area contributed by atoms with Gasteiger partial charge in [0, 0.05) is 28.5 Å². The summed E-state index contributed by atoms with van der Waals surface area (Å²) in [6.07, 6.45) is 2.56. The average molecular weight is 549 g/mol. The summed E-state index contributed by atoms with van der Waals surface area (Å²) in [6.45, 7) is 4.25. The van der Waals surface area contributed by atoms with Crippen molar-refractivity contribution in [3.8, 4) is 28.6 Å². The van der Waals surface area contributed by atoms with Crippen LogP contribution in [0.4, 0.5) is 0 Å². The molecule has 0 saturated heterocycles. The maximum atomic E-state index is 13.7. The first-order valence-electron chi connectivity index (χ1n) is 12.1. The number of fused-ring (bicyclic) bond motifs is 1. The Hall–Kier alpha value is -3.76. The normalized spacial score (nSPS) is 12.5. The third kappa shape index (κ3) is 4.54. The van der Waals surface area contributed by atoms with Gasteiger partial charge in [0.2, 0.25) is 0 Å². The lowest BCUT2D eigenvalue weighted by atomic mass is 10.1. The Morgan fingerprint density at radius 1 is 0.947 bits per heavy atom. The van der Waals surface area contributed by atoms with Crippen LogP contribution in [0.15, 0.2) is 89.0 Å². The second kappa shape index (κ2) is 10.5. The minimum atomic E-state index is -3.86. The highest BCUT2D eigenvalue weighted by molar-refractivity contribution is 7.99. The first kappa shape index (κ1) is 25.9. The first-order chi connectivity index (χ1) is 18.4. The number of nitrogens with zero attached hydrogens (tertiary/aromatic N) is 4. The van der Waals surface area contributed by atoms with Crippen molar-refractivity contribution in [2.75, 3.05) is 14.2 Å². The smallest absolute Gasteiger partial charge is 0.268 e. The highest BCUT2D eigenvalue weighted by Crippen LogP contribution is 2.39. The van der Waals surface area contributed by atoms with Crippen LogP contribution in [0.3, 0.4) is 0 Å².